The minimum Gasteiger partial charge on any atom is -0.330 e. The van der Waals surface area contributed by atoms with Crippen LogP contribution < -0.4 is 5.73 Å². The molecule has 0 aromatic carbocycles. The van der Waals surface area contributed by atoms with E-state index < -0.39 is 0 Å². The Hall–Kier alpha value is -0.0800. The maximum absolute atomic E-state index is 5.75. The second kappa shape index (κ2) is 5.71. The number of nitrogens with zero attached hydrogens (tertiary/aromatic N) is 1. The van der Waals surface area contributed by atoms with Crippen molar-refractivity contribution < 1.29 is 0 Å². The number of likely N-dealkylation sites (tertiary alicyclic amines) is 1. The van der Waals surface area contributed by atoms with Crippen molar-refractivity contribution in [1.82, 2.24) is 4.90 Å². The SMILES string of the molecule is CC1(C)CCN(CC2CCC(CN)CC2)CC1. The summed E-state index contributed by atoms with van der Waals surface area (Å²) in [6.45, 7) is 9.74. The Morgan fingerprint density at radius 2 is 1.53 bits per heavy atom. The van der Waals surface area contributed by atoms with Gasteiger partial charge in [0.25, 0.3) is 0 Å². The number of piperidine rings is 1. The van der Waals surface area contributed by atoms with Gasteiger partial charge in [-0.05, 0) is 75.4 Å². The number of hydrogen-bond donors (Lipinski definition) is 1. The molecule has 1 aliphatic heterocycles. The topological polar surface area (TPSA) is 29.3 Å². The maximum Gasteiger partial charge on any atom is 0.000967 e. The molecule has 1 aliphatic carbocycles. The van der Waals surface area contributed by atoms with Crippen LogP contribution in [0.25, 0.3) is 0 Å². The van der Waals surface area contributed by atoms with Gasteiger partial charge in [0.15, 0.2) is 0 Å². The first kappa shape index (κ1) is 13.4. The minimum atomic E-state index is 0.591. The van der Waals surface area contributed by atoms with Crippen LogP contribution in [0.2, 0.25) is 0 Å². The first-order valence-electron chi connectivity index (χ1n) is 7.51. The van der Waals surface area contributed by atoms with E-state index in [1.807, 2.05) is 0 Å². The Labute approximate surface area is 107 Å². The molecule has 17 heavy (non-hydrogen) atoms. The van der Waals surface area contributed by atoms with Crippen LogP contribution in [-0.2, 0) is 0 Å². The van der Waals surface area contributed by atoms with Crippen LogP contribution in [0.5, 0.6) is 0 Å². The fourth-order valence-corrected chi connectivity index (χ4v) is 3.36. The van der Waals surface area contributed by atoms with E-state index in [2.05, 4.69) is 18.7 Å². The second-order valence-electron chi connectivity index (χ2n) is 7.09. The molecule has 0 amide bonds. The molecule has 2 nitrogen and oxygen atoms in total. The van der Waals surface area contributed by atoms with Crippen LogP contribution in [0.4, 0.5) is 0 Å². The lowest BCUT2D eigenvalue weighted by Crippen LogP contribution is -2.40. The van der Waals surface area contributed by atoms with E-state index in [-0.39, 0.29) is 0 Å². The van der Waals surface area contributed by atoms with Crippen LogP contribution >= 0.6 is 0 Å². The van der Waals surface area contributed by atoms with Crippen LogP contribution in [0.1, 0.15) is 52.4 Å². The van der Waals surface area contributed by atoms with Gasteiger partial charge in [-0.25, -0.2) is 0 Å². The van der Waals surface area contributed by atoms with Crippen LogP contribution in [-0.4, -0.2) is 31.1 Å². The van der Waals surface area contributed by atoms with E-state index in [0.717, 1.165) is 18.4 Å². The molecule has 0 unspecified atom stereocenters. The van der Waals surface area contributed by atoms with Gasteiger partial charge >= 0.3 is 0 Å². The average molecular weight is 238 g/mol. The van der Waals surface area contributed by atoms with E-state index in [9.17, 15) is 0 Å². The summed E-state index contributed by atoms with van der Waals surface area (Å²) in [4.78, 5) is 2.71. The van der Waals surface area contributed by atoms with Crippen molar-refractivity contribution in [2.24, 2.45) is 23.0 Å². The quantitative estimate of drug-likeness (QED) is 0.819. The van der Waals surface area contributed by atoms with Gasteiger partial charge in [-0.15, -0.1) is 0 Å². The van der Waals surface area contributed by atoms with Crippen LogP contribution in [0, 0.1) is 17.3 Å². The summed E-state index contributed by atoms with van der Waals surface area (Å²) >= 11 is 0. The molecular weight excluding hydrogens is 208 g/mol. The molecule has 0 bridgehead atoms. The number of nitrogens with two attached hydrogens (primary N) is 1. The molecule has 1 saturated carbocycles. The Balaban J connectivity index is 1.69. The van der Waals surface area contributed by atoms with Crippen molar-refractivity contribution in [3.63, 3.8) is 0 Å². The molecule has 2 N–H and O–H groups in total. The number of hydrogen-bond acceptors (Lipinski definition) is 2. The molecule has 0 atom stereocenters. The lowest BCUT2D eigenvalue weighted by Gasteiger charge is -2.39. The monoisotopic (exact) mass is 238 g/mol. The molecule has 2 fully saturated rings. The normalized spacial score (nSPS) is 34.8. The van der Waals surface area contributed by atoms with Gasteiger partial charge < -0.3 is 10.6 Å². The molecule has 2 heteroatoms. The van der Waals surface area contributed by atoms with Crippen molar-refractivity contribution in [3.05, 3.63) is 0 Å². The molecule has 0 spiro atoms. The van der Waals surface area contributed by atoms with Gasteiger partial charge in [-0.1, -0.05) is 13.8 Å². The Bertz CT molecular complexity index is 219. The zero-order valence-electron chi connectivity index (χ0n) is 11.8. The Morgan fingerprint density at radius 3 is 2.06 bits per heavy atom. The molecule has 1 heterocycles. The third-order valence-corrected chi connectivity index (χ3v) is 5.03. The maximum atomic E-state index is 5.75. The van der Waals surface area contributed by atoms with Crippen LogP contribution in [0.15, 0.2) is 0 Å². The molecule has 2 rings (SSSR count). The molecular formula is C15H30N2. The van der Waals surface area contributed by atoms with Gasteiger partial charge in [-0.2, -0.15) is 0 Å². The van der Waals surface area contributed by atoms with Crippen molar-refractivity contribution in [3.8, 4) is 0 Å². The zero-order chi connectivity index (χ0) is 12.3. The van der Waals surface area contributed by atoms with E-state index >= 15 is 0 Å². The van der Waals surface area contributed by atoms with Gasteiger partial charge in [0.2, 0.25) is 0 Å². The van der Waals surface area contributed by atoms with Crippen molar-refractivity contribution in [1.29, 1.82) is 0 Å². The summed E-state index contributed by atoms with van der Waals surface area (Å²) in [5, 5.41) is 0. The summed E-state index contributed by atoms with van der Waals surface area (Å²) < 4.78 is 0. The molecule has 100 valence electrons. The van der Waals surface area contributed by atoms with Gasteiger partial charge in [-0.3, -0.25) is 0 Å². The van der Waals surface area contributed by atoms with Gasteiger partial charge in [0.1, 0.15) is 0 Å². The predicted octanol–water partition coefficient (Wildman–Crippen LogP) is 2.87. The summed E-state index contributed by atoms with van der Waals surface area (Å²) in [5.41, 5.74) is 6.34. The standard InChI is InChI=1S/C15H30N2/c1-15(2)7-9-17(10-8-15)12-14-5-3-13(11-16)4-6-14/h13-14H,3-12,16H2,1-2H3. The average Bonchev–Trinajstić information content (AvgIpc) is 2.33. The van der Waals surface area contributed by atoms with Gasteiger partial charge in [0.05, 0.1) is 0 Å². The Morgan fingerprint density at radius 1 is 1.00 bits per heavy atom. The molecule has 0 radical (unpaired) electrons. The predicted molar refractivity (Wildman–Crippen MR) is 74.0 cm³/mol. The second-order valence-corrected chi connectivity index (χ2v) is 7.09. The van der Waals surface area contributed by atoms with Crippen LogP contribution in [0.3, 0.4) is 0 Å². The molecule has 0 aromatic heterocycles. The van der Waals surface area contributed by atoms with Crippen molar-refractivity contribution >= 4 is 0 Å². The minimum absolute atomic E-state index is 0.591. The zero-order valence-corrected chi connectivity index (χ0v) is 11.8. The van der Waals surface area contributed by atoms with E-state index in [1.54, 1.807) is 0 Å². The highest BCUT2D eigenvalue weighted by Gasteiger charge is 2.28. The van der Waals surface area contributed by atoms with E-state index in [0.29, 0.717) is 5.41 Å². The first-order valence-corrected chi connectivity index (χ1v) is 7.51. The fourth-order valence-electron chi connectivity index (χ4n) is 3.36. The smallest absolute Gasteiger partial charge is 0.000967 e. The summed E-state index contributed by atoms with van der Waals surface area (Å²) in [7, 11) is 0. The molecule has 2 aliphatic rings. The van der Waals surface area contributed by atoms with Crippen molar-refractivity contribution in [2.75, 3.05) is 26.2 Å². The largest absolute Gasteiger partial charge is 0.330 e. The highest BCUT2D eigenvalue weighted by molar-refractivity contribution is 4.81. The highest BCUT2D eigenvalue weighted by Crippen LogP contribution is 2.32. The molecule has 1 saturated heterocycles. The van der Waals surface area contributed by atoms with Crippen molar-refractivity contribution in [2.45, 2.75) is 52.4 Å². The lowest BCUT2D eigenvalue weighted by molar-refractivity contribution is 0.103. The Kier molecular flexibility index (Phi) is 4.48. The fraction of sp³-hybridized carbons (Fsp3) is 1.00. The van der Waals surface area contributed by atoms with Gasteiger partial charge in [0, 0.05) is 6.54 Å². The highest BCUT2D eigenvalue weighted by atomic mass is 15.1. The summed E-state index contributed by atoms with van der Waals surface area (Å²) in [5.74, 6) is 1.78. The molecule has 0 aromatic rings. The van der Waals surface area contributed by atoms with E-state index in [1.165, 1.54) is 58.2 Å². The first-order chi connectivity index (χ1) is 8.09. The lowest BCUT2D eigenvalue weighted by atomic mass is 9.80. The van der Waals surface area contributed by atoms with E-state index in [4.69, 9.17) is 5.73 Å². The summed E-state index contributed by atoms with van der Waals surface area (Å²) in [6, 6.07) is 0. The summed E-state index contributed by atoms with van der Waals surface area (Å²) in [6.07, 6.45) is 8.35. The third-order valence-electron chi connectivity index (χ3n) is 5.03. The number of rotatable bonds is 3. The third kappa shape index (κ3) is 3.96.